The molecule has 0 aromatic heterocycles. The zero-order chi connectivity index (χ0) is 16.2. The minimum Gasteiger partial charge on any atom is -0.308 e. The largest absolute Gasteiger partial charge is 0.308 e. The second-order valence-electron chi connectivity index (χ2n) is 6.00. The summed E-state index contributed by atoms with van der Waals surface area (Å²) in [7, 11) is 2.13. The molecule has 0 spiro atoms. The molecular weight excluding hydrogens is 290 g/mol. The molecule has 2 unspecified atom stereocenters. The fourth-order valence-electron chi connectivity index (χ4n) is 3.38. The molecule has 3 rings (SSSR count). The van der Waals surface area contributed by atoms with E-state index in [0.29, 0.717) is 18.6 Å². The van der Waals surface area contributed by atoms with E-state index in [-0.39, 0.29) is 10.6 Å². The van der Waals surface area contributed by atoms with Crippen LogP contribution >= 0.6 is 0 Å². The first kappa shape index (κ1) is 15.6. The van der Waals surface area contributed by atoms with E-state index in [0.717, 1.165) is 18.5 Å². The minimum absolute atomic E-state index is 0.183. The fourth-order valence-corrected chi connectivity index (χ4v) is 3.38. The first-order chi connectivity index (χ1) is 11.2. The first-order valence-electron chi connectivity index (χ1n) is 7.87. The number of para-hydroxylation sites is 1. The molecule has 5 nitrogen and oxygen atoms in total. The van der Waals surface area contributed by atoms with Crippen molar-refractivity contribution in [2.75, 3.05) is 13.6 Å². The Morgan fingerprint density at radius 3 is 2.61 bits per heavy atom. The molecule has 0 bridgehead atoms. The van der Waals surface area contributed by atoms with Crippen LogP contribution in [0, 0.1) is 10.1 Å². The van der Waals surface area contributed by atoms with Crippen LogP contribution in [0.15, 0.2) is 54.6 Å². The van der Waals surface area contributed by atoms with Crippen LogP contribution in [0.5, 0.6) is 0 Å². The molecule has 1 aliphatic rings. The number of nitro groups is 1. The molecule has 2 aromatic carbocycles. The highest BCUT2D eigenvalue weighted by Crippen LogP contribution is 2.31. The average Bonchev–Trinajstić information content (AvgIpc) is 2.94. The number of likely N-dealkylation sites (tertiary alicyclic amines) is 1. The van der Waals surface area contributed by atoms with Gasteiger partial charge in [0.2, 0.25) is 0 Å². The van der Waals surface area contributed by atoms with Crippen LogP contribution in [-0.2, 0) is 6.54 Å². The molecule has 1 aliphatic heterocycles. The Morgan fingerprint density at radius 1 is 1.17 bits per heavy atom. The van der Waals surface area contributed by atoms with Crippen LogP contribution in [0.1, 0.15) is 23.6 Å². The molecule has 0 aliphatic carbocycles. The van der Waals surface area contributed by atoms with Gasteiger partial charge in [0.1, 0.15) is 0 Å². The van der Waals surface area contributed by atoms with Gasteiger partial charge in [-0.05, 0) is 19.0 Å². The summed E-state index contributed by atoms with van der Waals surface area (Å²) in [5.41, 5.74) is 2.20. The third-order valence-electron chi connectivity index (χ3n) is 4.53. The predicted octanol–water partition coefficient (Wildman–Crippen LogP) is 3.13. The van der Waals surface area contributed by atoms with Gasteiger partial charge in [0.05, 0.1) is 4.92 Å². The third kappa shape index (κ3) is 3.41. The van der Waals surface area contributed by atoms with Crippen molar-refractivity contribution >= 4 is 5.69 Å². The molecule has 5 heteroatoms. The van der Waals surface area contributed by atoms with Crippen molar-refractivity contribution in [3.05, 3.63) is 75.8 Å². The lowest BCUT2D eigenvalue weighted by Crippen LogP contribution is -2.34. The lowest BCUT2D eigenvalue weighted by atomic mass is 10.00. The summed E-state index contributed by atoms with van der Waals surface area (Å²) in [6.07, 6.45) is 1.04. The Hall–Kier alpha value is -2.24. The Kier molecular flexibility index (Phi) is 4.69. The number of benzene rings is 2. The van der Waals surface area contributed by atoms with Gasteiger partial charge in [0.15, 0.2) is 0 Å². The second kappa shape index (κ2) is 6.89. The zero-order valence-electron chi connectivity index (χ0n) is 13.2. The predicted molar refractivity (Wildman–Crippen MR) is 90.2 cm³/mol. The van der Waals surface area contributed by atoms with Crippen molar-refractivity contribution in [2.45, 2.75) is 25.0 Å². The van der Waals surface area contributed by atoms with E-state index in [9.17, 15) is 10.1 Å². The quantitative estimate of drug-likeness (QED) is 0.681. The summed E-state index contributed by atoms with van der Waals surface area (Å²) in [4.78, 5) is 13.2. The maximum Gasteiger partial charge on any atom is 0.273 e. The van der Waals surface area contributed by atoms with Crippen LogP contribution in [0.4, 0.5) is 5.69 Å². The van der Waals surface area contributed by atoms with Crippen molar-refractivity contribution < 1.29 is 4.92 Å². The summed E-state index contributed by atoms with van der Waals surface area (Å²) >= 11 is 0. The monoisotopic (exact) mass is 311 g/mol. The number of hydrogen-bond donors (Lipinski definition) is 1. The lowest BCUT2D eigenvalue weighted by molar-refractivity contribution is -0.385. The van der Waals surface area contributed by atoms with Crippen molar-refractivity contribution in [1.82, 2.24) is 10.2 Å². The van der Waals surface area contributed by atoms with Gasteiger partial charge in [-0.15, -0.1) is 0 Å². The first-order valence-corrected chi connectivity index (χ1v) is 7.87. The van der Waals surface area contributed by atoms with Crippen LogP contribution in [0.3, 0.4) is 0 Å². The molecule has 1 saturated heterocycles. The van der Waals surface area contributed by atoms with E-state index in [1.54, 1.807) is 12.1 Å². The average molecular weight is 311 g/mol. The number of rotatable bonds is 5. The number of hydrogen-bond acceptors (Lipinski definition) is 4. The molecule has 1 fully saturated rings. The van der Waals surface area contributed by atoms with Gasteiger partial charge in [-0.1, -0.05) is 48.5 Å². The Labute approximate surface area is 136 Å². The minimum atomic E-state index is -0.313. The van der Waals surface area contributed by atoms with Crippen LogP contribution in [0.2, 0.25) is 0 Å². The summed E-state index contributed by atoms with van der Waals surface area (Å²) in [5, 5.41) is 14.7. The molecule has 2 atom stereocenters. The number of likely N-dealkylation sites (N-methyl/N-ethyl adjacent to an activating group) is 1. The Balaban J connectivity index is 1.74. The van der Waals surface area contributed by atoms with Crippen molar-refractivity contribution in [2.24, 2.45) is 0 Å². The van der Waals surface area contributed by atoms with Gasteiger partial charge in [0, 0.05) is 36.8 Å². The Morgan fingerprint density at radius 2 is 1.87 bits per heavy atom. The van der Waals surface area contributed by atoms with Crippen LogP contribution in [-0.4, -0.2) is 29.5 Å². The maximum atomic E-state index is 11.1. The van der Waals surface area contributed by atoms with E-state index in [2.05, 4.69) is 41.5 Å². The van der Waals surface area contributed by atoms with E-state index in [1.807, 2.05) is 18.2 Å². The van der Waals surface area contributed by atoms with Gasteiger partial charge in [0.25, 0.3) is 5.69 Å². The van der Waals surface area contributed by atoms with Gasteiger partial charge >= 0.3 is 0 Å². The summed E-state index contributed by atoms with van der Waals surface area (Å²) in [5.74, 6) is 0. The normalized spacial score (nSPS) is 21.4. The summed E-state index contributed by atoms with van der Waals surface area (Å²) < 4.78 is 0. The Bertz CT molecular complexity index is 675. The van der Waals surface area contributed by atoms with Crippen molar-refractivity contribution in [3.8, 4) is 0 Å². The van der Waals surface area contributed by atoms with E-state index < -0.39 is 0 Å². The van der Waals surface area contributed by atoms with Crippen LogP contribution < -0.4 is 5.32 Å². The van der Waals surface area contributed by atoms with Crippen LogP contribution in [0.25, 0.3) is 0 Å². The number of nitro benzene ring substituents is 1. The van der Waals surface area contributed by atoms with E-state index >= 15 is 0 Å². The molecule has 120 valence electrons. The number of nitrogens with one attached hydrogen (secondary N) is 1. The molecule has 2 aromatic rings. The van der Waals surface area contributed by atoms with Crippen molar-refractivity contribution in [1.29, 1.82) is 0 Å². The molecule has 0 saturated carbocycles. The summed E-state index contributed by atoms with van der Waals surface area (Å²) in [6, 6.07) is 18.0. The SMILES string of the molecule is CN1CCC(NCc2ccccc2[N+](=O)[O-])C1c1ccccc1. The summed E-state index contributed by atoms with van der Waals surface area (Å²) in [6.45, 7) is 1.53. The molecule has 1 heterocycles. The highest BCUT2D eigenvalue weighted by atomic mass is 16.6. The second-order valence-corrected chi connectivity index (χ2v) is 6.00. The smallest absolute Gasteiger partial charge is 0.273 e. The van der Waals surface area contributed by atoms with Gasteiger partial charge < -0.3 is 5.32 Å². The molecule has 23 heavy (non-hydrogen) atoms. The lowest BCUT2D eigenvalue weighted by Gasteiger charge is -2.26. The highest BCUT2D eigenvalue weighted by Gasteiger charge is 2.32. The maximum absolute atomic E-state index is 11.1. The standard InChI is InChI=1S/C18H21N3O2/c1-20-12-11-16(18(20)14-7-3-2-4-8-14)19-13-15-9-5-6-10-17(15)21(22)23/h2-10,16,18-19H,11-13H2,1H3. The van der Waals surface area contributed by atoms with E-state index in [4.69, 9.17) is 0 Å². The van der Waals surface area contributed by atoms with Crippen molar-refractivity contribution in [3.63, 3.8) is 0 Å². The molecule has 1 N–H and O–H groups in total. The van der Waals surface area contributed by atoms with Gasteiger partial charge in [-0.3, -0.25) is 15.0 Å². The zero-order valence-corrected chi connectivity index (χ0v) is 13.2. The highest BCUT2D eigenvalue weighted by molar-refractivity contribution is 5.39. The molecule has 0 radical (unpaired) electrons. The fraction of sp³-hybridized carbons (Fsp3) is 0.333. The number of nitrogens with zero attached hydrogens (tertiary/aromatic N) is 2. The van der Waals surface area contributed by atoms with E-state index in [1.165, 1.54) is 5.56 Å². The van der Waals surface area contributed by atoms with Gasteiger partial charge in [-0.2, -0.15) is 0 Å². The molecular formula is C18H21N3O2. The molecule has 0 amide bonds. The third-order valence-corrected chi connectivity index (χ3v) is 4.53. The van der Waals surface area contributed by atoms with Gasteiger partial charge in [-0.25, -0.2) is 0 Å². The topological polar surface area (TPSA) is 58.4 Å².